The molecule has 1 aliphatic rings. The quantitative estimate of drug-likeness (QED) is 0.597. The van der Waals surface area contributed by atoms with Crippen molar-refractivity contribution in [2.75, 3.05) is 19.6 Å². The van der Waals surface area contributed by atoms with E-state index in [4.69, 9.17) is 4.74 Å². The number of aromatic nitrogens is 1. The minimum absolute atomic E-state index is 0.00432. The Balaban J connectivity index is 1.67. The van der Waals surface area contributed by atoms with Gasteiger partial charge < -0.3 is 14.6 Å². The van der Waals surface area contributed by atoms with Gasteiger partial charge in [-0.25, -0.2) is 17.9 Å². The number of hydrogen-bond acceptors (Lipinski definition) is 5. The lowest BCUT2D eigenvalue weighted by atomic mass is 9.98. The number of nitrogens with one attached hydrogen (secondary N) is 2. The fourth-order valence-corrected chi connectivity index (χ4v) is 5.26. The summed E-state index contributed by atoms with van der Waals surface area (Å²) in [5.74, 6) is -0.632. The lowest BCUT2D eigenvalue weighted by Crippen LogP contribution is -2.44. The van der Waals surface area contributed by atoms with Crippen LogP contribution in [0.2, 0.25) is 0 Å². The molecule has 0 bridgehead atoms. The standard InChI is InChI=1S/C24H33N3O5S/c1-15(2)32-24(29)21-17(4)22(26-18(21)5)23(28)27-12-6-7-19(14-27)13-25-33(30,31)20-10-8-16(3)9-11-20/h8-11,15,19,25-26H,6-7,12-14H2,1-5H3. The summed E-state index contributed by atoms with van der Waals surface area (Å²) >= 11 is 0. The zero-order valence-corrected chi connectivity index (χ0v) is 20.7. The molecule has 1 amide bonds. The zero-order chi connectivity index (χ0) is 24.3. The number of H-pyrrole nitrogens is 1. The highest BCUT2D eigenvalue weighted by Gasteiger charge is 2.30. The lowest BCUT2D eigenvalue weighted by Gasteiger charge is -2.32. The molecule has 1 aromatic carbocycles. The number of hydrogen-bond donors (Lipinski definition) is 2. The Kier molecular flexibility index (Phi) is 7.64. The summed E-state index contributed by atoms with van der Waals surface area (Å²) in [5.41, 5.74) is 2.94. The van der Waals surface area contributed by atoms with Crippen molar-refractivity contribution in [3.63, 3.8) is 0 Å². The van der Waals surface area contributed by atoms with Crippen LogP contribution in [0.25, 0.3) is 0 Å². The first kappa shape index (κ1) is 25.0. The Morgan fingerprint density at radius 2 is 1.85 bits per heavy atom. The van der Waals surface area contributed by atoms with Gasteiger partial charge in [-0.15, -0.1) is 0 Å². The number of carbonyl (C=O) groups excluding carboxylic acids is 2. The number of likely N-dealkylation sites (tertiary alicyclic amines) is 1. The van der Waals surface area contributed by atoms with Gasteiger partial charge >= 0.3 is 5.97 Å². The Hall–Kier alpha value is -2.65. The fourth-order valence-electron chi connectivity index (χ4n) is 4.15. The number of aromatic amines is 1. The highest BCUT2D eigenvalue weighted by atomic mass is 32.2. The zero-order valence-electron chi connectivity index (χ0n) is 19.9. The van der Waals surface area contributed by atoms with Crippen LogP contribution in [0, 0.1) is 26.7 Å². The van der Waals surface area contributed by atoms with Crippen LogP contribution >= 0.6 is 0 Å². The third kappa shape index (κ3) is 5.83. The molecule has 0 aliphatic carbocycles. The second-order valence-corrected chi connectivity index (χ2v) is 10.8. The molecule has 180 valence electrons. The molecule has 33 heavy (non-hydrogen) atoms. The molecule has 1 atom stereocenters. The van der Waals surface area contributed by atoms with E-state index in [0.717, 1.165) is 18.4 Å². The van der Waals surface area contributed by atoms with E-state index in [9.17, 15) is 18.0 Å². The van der Waals surface area contributed by atoms with E-state index in [1.807, 2.05) is 6.92 Å². The molecule has 1 saturated heterocycles. The highest BCUT2D eigenvalue weighted by Crippen LogP contribution is 2.24. The maximum atomic E-state index is 13.2. The number of carbonyl (C=O) groups is 2. The topological polar surface area (TPSA) is 109 Å². The molecule has 2 aromatic rings. The summed E-state index contributed by atoms with van der Waals surface area (Å²) < 4.78 is 33.2. The Labute approximate surface area is 195 Å². The molecule has 2 heterocycles. The molecule has 1 unspecified atom stereocenters. The number of ether oxygens (including phenoxy) is 1. The second kappa shape index (κ2) is 10.1. The van der Waals surface area contributed by atoms with Crippen molar-refractivity contribution < 1.29 is 22.7 Å². The molecule has 8 nitrogen and oxygen atoms in total. The summed E-state index contributed by atoms with van der Waals surface area (Å²) in [7, 11) is -3.61. The molecule has 1 aromatic heterocycles. The van der Waals surface area contributed by atoms with E-state index < -0.39 is 16.0 Å². The third-order valence-corrected chi connectivity index (χ3v) is 7.34. The van der Waals surface area contributed by atoms with Crippen LogP contribution < -0.4 is 4.72 Å². The molecule has 1 fully saturated rings. The molecule has 0 saturated carbocycles. The molecule has 0 spiro atoms. The number of piperidine rings is 1. The summed E-state index contributed by atoms with van der Waals surface area (Å²) in [6, 6.07) is 6.71. The number of nitrogens with zero attached hydrogens (tertiary/aromatic N) is 1. The average Bonchev–Trinajstić information content (AvgIpc) is 3.06. The Bertz CT molecular complexity index is 1120. The SMILES string of the molecule is Cc1ccc(S(=O)(=O)NCC2CCCN(C(=O)c3[nH]c(C)c(C(=O)OC(C)C)c3C)C2)cc1. The minimum atomic E-state index is -3.61. The number of rotatable bonds is 7. The molecule has 1 aliphatic heterocycles. The lowest BCUT2D eigenvalue weighted by molar-refractivity contribution is 0.0376. The van der Waals surface area contributed by atoms with Crippen molar-refractivity contribution in [3.8, 4) is 0 Å². The van der Waals surface area contributed by atoms with Crippen LogP contribution in [0.5, 0.6) is 0 Å². The summed E-state index contributed by atoms with van der Waals surface area (Å²) in [4.78, 5) is 30.7. The first-order valence-electron chi connectivity index (χ1n) is 11.3. The number of benzene rings is 1. The van der Waals surface area contributed by atoms with Crippen LogP contribution in [0.15, 0.2) is 29.2 Å². The van der Waals surface area contributed by atoms with Gasteiger partial charge in [0, 0.05) is 25.3 Å². The van der Waals surface area contributed by atoms with E-state index in [-0.39, 0.29) is 29.4 Å². The number of amides is 1. The van der Waals surface area contributed by atoms with Gasteiger partial charge in [-0.1, -0.05) is 17.7 Å². The number of aryl methyl sites for hydroxylation is 2. The van der Waals surface area contributed by atoms with Gasteiger partial charge in [-0.05, 0) is 71.1 Å². The monoisotopic (exact) mass is 475 g/mol. The maximum absolute atomic E-state index is 13.2. The van der Waals surface area contributed by atoms with Gasteiger partial charge in [0.25, 0.3) is 5.91 Å². The molecular weight excluding hydrogens is 442 g/mol. The van der Waals surface area contributed by atoms with Crippen LogP contribution in [-0.4, -0.2) is 55.9 Å². The van der Waals surface area contributed by atoms with Crippen molar-refractivity contribution in [1.29, 1.82) is 0 Å². The molecule has 0 radical (unpaired) electrons. The van der Waals surface area contributed by atoms with E-state index in [2.05, 4.69) is 9.71 Å². The van der Waals surface area contributed by atoms with Gasteiger partial charge in [-0.3, -0.25) is 4.79 Å². The van der Waals surface area contributed by atoms with Gasteiger partial charge in [0.15, 0.2) is 0 Å². The van der Waals surface area contributed by atoms with Crippen molar-refractivity contribution in [2.45, 2.75) is 58.5 Å². The molecule has 9 heteroatoms. The first-order valence-corrected chi connectivity index (χ1v) is 12.7. The van der Waals surface area contributed by atoms with E-state index in [1.54, 1.807) is 56.9 Å². The second-order valence-electron chi connectivity index (χ2n) is 9.00. The Morgan fingerprint density at radius 3 is 2.48 bits per heavy atom. The van der Waals surface area contributed by atoms with Gasteiger partial charge in [-0.2, -0.15) is 0 Å². The normalized spacial score (nSPS) is 16.8. The smallest absolute Gasteiger partial charge is 0.340 e. The molecular formula is C24H33N3O5S. The summed E-state index contributed by atoms with van der Waals surface area (Å²) in [5, 5.41) is 0. The fraction of sp³-hybridized carbons (Fsp3) is 0.500. The third-order valence-electron chi connectivity index (χ3n) is 5.90. The van der Waals surface area contributed by atoms with Crippen molar-refractivity contribution in [2.24, 2.45) is 5.92 Å². The van der Waals surface area contributed by atoms with Gasteiger partial charge in [0.1, 0.15) is 5.69 Å². The summed E-state index contributed by atoms with van der Waals surface area (Å²) in [6.07, 6.45) is 1.36. The molecule has 3 rings (SSSR count). The minimum Gasteiger partial charge on any atom is -0.459 e. The van der Waals surface area contributed by atoms with Crippen LogP contribution in [0.1, 0.15) is 64.4 Å². The Morgan fingerprint density at radius 1 is 1.18 bits per heavy atom. The van der Waals surface area contributed by atoms with Crippen LogP contribution in [-0.2, 0) is 14.8 Å². The van der Waals surface area contributed by atoms with Crippen LogP contribution in [0.4, 0.5) is 0 Å². The van der Waals surface area contributed by atoms with Crippen molar-refractivity contribution >= 4 is 21.9 Å². The van der Waals surface area contributed by atoms with E-state index in [0.29, 0.717) is 35.6 Å². The van der Waals surface area contributed by atoms with Gasteiger partial charge in [0.05, 0.1) is 16.6 Å². The van der Waals surface area contributed by atoms with Crippen molar-refractivity contribution in [1.82, 2.24) is 14.6 Å². The predicted octanol–water partition coefficient (Wildman–Crippen LogP) is 3.34. The van der Waals surface area contributed by atoms with Crippen molar-refractivity contribution in [3.05, 3.63) is 52.3 Å². The van der Waals surface area contributed by atoms with E-state index in [1.165, 1.54) is 0 Å². The maximum Gasteiger partial charge on any atom is 0.340 e. The molecule has 2 N–H and O–H groups in total. The summed E-state index contributed by atoms with van der Waals surface area (Å²) in [6.45, 7) is 10.2. The highest BCUT2D eigenvalue weighted by molar-refractivity contribution is 7.89. The largest absolute Gasteiger partial charge is 0.459 e. The van der Waals surface area contributed by atoms with E-state index >= 15 is 0 Å². The predicted molar refractivity (Wildman–Crippen MR) is 126 cm³/mol. The first-order chi connectivity index (χ1) is 15.5. The number of esters is 1. The number of sulfonamides is 1. The average molecular weight is 476 g/mol. The van der Waals surface area contributed by atoms with Gasteiger partial charge in [0.2, 0.25) is 10.0 Å². The van der Waals surface area contributed by atoms with Crippen LogP contribution in [0.3, 0.4) is 0 Å².